The highest BCUT2D eigenvalue weighted by atomic mass is 35.5. The second-order valence-corrected chi connectivity index (χ2v) is 3.39. The second kappa shape index (κ2) is 2.74. The highest BCUT2D eigenvalue weighted by Crippen LogP contribution is 2.25. The van der Waals surface area contributed by atoms with Crippen molar-refractivity contribution >= 4 is 40.4 Å². The minimum Gasteiger partial charge on any atom is -0.365 e. The summed E-state index contributed by atoms with van der Waals surface area (Å²) in [5.41, 5.74) is 4.92. The van der Waals surface area contributed by atoms with Gasteiger partial charge in [-0.1, -0.05) is 34.5 Å². The molecule has 1 rings (SSSR count). The first-order chi connectivity index (χ1) is 4.61. The molecule has 0 spiro atoms. The Bertz CT molecular complexity index is 272. The van der Waals surface area contributed by atoms with Gasteiger partial charge >= 0.3 is 0 Å². The Morgan fingerprint density at radius 1 is 1.60 bits per heavy atom. The maximum atomic E-state index is 10.5. The Hall–Kier alpha value is -0.320. The van der Waals surface area contributed by atoms with Crippen molar-refractivity contribution in [3.05, 3.63) is 14.5 Å². The first-order valence-electron chi connectivity index (χ1n) is 2.23. The van der Waals surface area contributed by atoms with E-state index in [-0.39, 0.29) is 14.5 Å². The summed E-state index contributed by atoms with van der Waals surface area (Å²) >= 11 is 11.8. The first-order valence-corrected chi connectivity index (χ1v) is 3.80. The van der Waals surface area contributed by atoms with Crippen molar-refractivity contribution < 1.29 is 4.79 Å². The van der Waals surface area contributed by atoms with Crippen LogP contribution in [0.2, 0.25) is 9.62 Å². The van der Waals surface area contributed by atoms with Crippen LogP contribution in [0, 0.1) is 0 Å². The minimum absolute atomic E-state index is 0.0718. The van der Waals surface area contributed by atoms with E-state index in [1.807, 2.05) is 0 Å². The SMILES string of the molecule is NC(=O)c1sc(Cl)nc1Cl. The molecule has 6 heteroatoms. The van der Waals surface area contributed by atoms with Crippen LogP contribution in [-0.2, 0) is 0 Å². The summed E-state index contributed by atoms with van der Waals surface area (Å²) in [4.78, 5) is 14.3. The van der Waals surface area contributed by atoms with Gasteiger partial charge < -0.3 is 5.73 Å². The van der Waals surface area contributed by atoms with Gasteiger partial charge in [-0.2, -0.15) is 0 Å². The molecule has 0 aliphatic rings. The number of nitrogens with two attached hydrogens (primary N) is 1. The molecule has 1 heterocycles. The van der Waals surface area contributed by atoms with Crippen LogP contribution in [0.3, 0.4) is 0 Å². The zero-order valence-corrected chi connectivity index (χ0v) is 6.93. The second-order valence-electron chi connectivity index (χ2n) is 1.45. The lowest BCUT2D eigenvalue weighted by Crippen LogP contribution is -2.09. The number of thiazole rings is 1. The van der Waals surface area contributed by atoms with Crippen LogP contribution in [0.15, 0.2) is 0 Å². The summed E-state index contributed by atoms with van der Waals surface area (Å²) in [6.07, 6.45) is 0. The average molecular weight is 197 g/mol. The maximum absolute atomic E-state index is 10.5. The zero-order valence-electron chi connectivity index (χ0n) is 4.60. The van der Waals surface area contributed by atoms with Gasteiger partial charge in [-0.05, 0) is 0 Å². The van der Waals surface area contributed by atoms with E-state index in [4.69, 9.17) is 28.9 Å². The van der Waals surface area contributed by atoms with Gasteiger partial charge in [-0.15, -0.1) is 0 Å². The lowest BCUT2D eigenvalue weighted by molar-refractivity contribution is 0.100. The molecule has 0 unspecified atom stereocenters. The van der Waals surface area contributed by atoms with Crippen molar-refractivity contribution in [1.29, 1.82) is 0 Å². The highest BCUT2D eigenvalue weighted by Gasteiger charge is 2.11. The Kier molecular flexibility index (Phi) is 2.13. The minimum atomic E-state index is -0.602. The molecule has 10 heavy (non-hydrogen) atoms. The molecule has 0 aliphatic carbocycles. The van der Waals surface area contributed by atoms with Crippen molar-refractivity contribution in [1.82, 2.24) is 4.98 Å². The Morgan fingerprint density at radius 2 is 2.20 bits per heavy atom. The number of hydrogen-bond donors (Lipinski definition) is 1. The fraction of sp³-hybridized carbons (Fsp3) is 0. The van der Waals surface area contributed by atoms with E-state index in [1.54, 1.807) is 0 Å². The van der Waals surface area contributed by atoms with Crippen LogP contribution >= 0.6 is 34.5 Å². The third kappa shape index (κ3) is 1.39. The van der Waals surface area contributed by atoms with Gasteiger partial charge in [0, 0.05) is 0 Å². The fourth-order valence-corrected chi connectivity index (χ4v) is 1.67. The largest absolute Gasteiger partial charge is 0.365 e. The van der Waals surface area contributed by atoms with Crippen LogP contribution in [0.4, 0.5) is 0 Å². The third-order valence-corrected chi connectivity index (χ3v) is 2.34. The molecule has 54 valence electrons. The Labute approximate surface area is 70.8 Å². The van der Waals surface area contributed by atoms with Gasteiger partial charge in [-0.25, -0.2) is 4.98 Å². The predicted molar refractivity (Wildman–Crippen MR) is 40.7 cm³/mol. The molecule has 0 aromatic carbocycles. The highest BCUT2D eigenvalue weighted by molar-refractivity contribution is 7.18. The van der Waals surface area contributed by atoms with E-state index < -0.39 is 5.91 Å². The fourth-order valence-electron chi connectivity index (χ4n) is 0.429. The normalized spacial score (nSPS) is 9.80. The van der Waals surface area contributed by atoms with Gasteiger partial charge in [-0.3, -0.25) is 4.79 Å². The first kappa shape index (κ1) is 7.78. The number of hydrogen-bond acceptors (Lipinski definition) is 3. The molecular weight excluding hydrogens is 195 g/mol. The summed E-state index contributed by atoms with van der Waals surface area (Å²) in [6.45, 7) is 0. The van der Waals surface area contributed by atoms with Crippen molar-refractivity contribution in [2.24, 2.45) is 5.73 Å². The van der Waals surface area contributed by atoms with Gasteiger partial charge in [0.05, 0.1) is 0 Å². The molecule has 0 aliphatic heterocycles. The number of rotatable bonds is 1. The summed E-state index contributed by atoms with van der Waals surface area (Å²) in [5.74, 6) is -0.602. The van der Waals surface area contributed by atoms with E-state index in [0.717, 1.165) is 11.3 Å². The number of aromatic nitrogens is 1. The topological polar surface area (TPSA) is 56.0 Å². The zero-order chi connectivity index (χ0) is 7.72. The van der Waals surface area contributed by atoms with Crippen LogP contribution in [0.1, 0.15) is 9.67 Å². The summed E-state index contributed by atoms with van der Waals surface area (Å²) in [5, 5.41) is 0.0718. The number of carbonyl (C=O) groups is 1. The quantitative estimate of drug-likeness (QED) is 0.742. The molecule has 0 radical (unpaired) electrons. The van der Waals surface area contributed by atoms with E-state index in [9.17, 15) is 4.79 Å². The van der Waals surface area contributed by atoms with Crippen LogP contribution < -0.4 is 5.73 Å². The summed E-state index contributed by atoms with van der Waals surface area (Å²) in [7, 11) is 0. The lowest BCUT2D eigenvalue weighted by atomic mass is 10.5. The van der Waals surface area contributed by atoms with E-state index >= 15 is 0 Å². The molecule has 2 N–H and O–H groups in total. The molecule has 1 aromatic heterocycles. The number of carbonyl (C=O) groups excluding carboxylic acids is 1. The molecule has 0 saturated heterocycles. The Morgan fingerprint density at radius 3 is 2.40 bits per heavy atom. The summed E-state index contributed by atoms with van der Waals surface area (Å²) in [6, 6.07) is 0. The van der Waals surface area contributed by atoms with Crippen LogP contribution in [0.25, 0.3) is 0 Å². The third-order valence-electron chi connectivity index (χ3n) is 0.784. The van der Waals surface area contributed by atoms with Crippen LogP contribution in [-0.4, -0.2) is 10.9 Å². The van der Waals surface area contributed by atoms with Gasteiger partial charge in [0.15, 0.2) is 9.62 Å². The van der Waals surface area contributed by atoms with Crippen molar-refractivity contribution in [3.8, 4) is 0 Å². The van der Waals surface area contributed by atoms with Gasteiger partial charge in [0.2, 0.25) is 0 Å². The lowest BCUT2D eigenvalue weighted by Gasteiger charge is -1.83. The van der Waals surface area contributed by atoms with Gasteiger partial charge in [0.25, 0.3) is 5.91 Å². The van der Waals surface area contributed by atoms with Gasteiger partial charge in [0.1, 0.15) is 4.88 Å². The number of amides is 1. The molecule has 0 saturated carbocycles. The molecule has 1 amide bonds. The molecule has 0 atom stereocenters. The van der Waals surface area contributed by atoms with Crippen molar-refractivity contribution in [2.45, 2.75) is 0 Å². The molecule has 1 aromatic rings. The van der Waals surface area contributed by atoms with Crippen LogP contribution in [0.5, 0.6) is 0 Å². The number of primary amides is 1. The molecular formula is C4H2Cl2N2OS. The molecule has 0 fully saturated rings. The molecule has 3 nitrogen and oxygen atoms in total. The maximum Gasteiger partial charge on any atom is 0.262 e. The predicted octanol–water partition coefficient (Wildman–Crippen LogP) is 1.55. The number of nitrogens with zero attached hydrogens (tertiary/aromatic N) is 1. The van der Waals surface area contributed by atoms with Crippen molar-refractivity contribution in [2.75, 3.05) is 0 Å². The average Bonchev–Trinajstić information content (AvgIpc) is 2.10. The van der Waals surface area contributed by atoms with E-state index in [0.29, 0.717) is 0 Å². The number of halogens is 2. The smallest absolute Gasteiger partial charge is 0.262 e. The monoisotopic (exact) mass is 196 g/mol. The molecule has 0 bridgehead atoms. The van der Waals surface area contributed by atoms with Crippen molar-refractivity contribution in [3.63, 3.8) is 0 Å². The van der Waals surface area contributed by atoms with E-state index in [1.165, 1.54) is 0 Å². The summed E-state index contributed by atoms with van der Waals surface area (Å²) < 4.78 is 0.221. The van der Waals surface area contributed by atoms with E-state index in [2.05, 4.69) is 4.98 Å². The standard InChI is InChI=1S/C4H2Cl2N2OS/c5-2-1(3(7)9)10-4(6)8-2/h(H2,7,9). The Balaban J connectivity index is 3.15.